The summed E-state index contributed by atoms with van der Waals surface area (Å²) in [7, 11) is -2.85. The molecule has 1 aliphatic heterocycles. The highest BCUT2D eigenvalue weighted by Gasteiger charge is 2.27. The summed E-state index contributed by atoms with van der Waals surface area (Å²) in [5.74, 6) is 0. The summed E-state index contributed by atoms with van der Waals surface area (Å²) in [6, 6.07) is 7.04. The average molecular weight is 285 g/mol. The summed E-state index contributed by atoms with van der Waals surface area (Å²) in [5.41, 5.74) is 1.23. The van der Waals surface area contributed by atoms with Crippen LogP contribution in [0.5, 0.6) is 0 Å². The number of para-hydroxylation sites is 2. The lowest BCUT2D eigenvalue weighted by Gasteiger charge is -2.23. The number of hydrogen-bond donors (Lipinski definition) is 2. The predicted molar refractivity (Wildman–Crippen MR) is 71.4 cm³/mol. The molecule has 0 atom stereocenters. The molecule has 1 aromatic rings. The maximum Gasteiger partial charge on any atom is 0.422 e. The lowest BCUT2D eigenvalue weighted by Crippen LogP contribution is -2.44. The molecule has 0 aromatic heterocycles. The monoisotopic (exact) mass is 285 g/mol. The minimum absolute atomic E-state index is 0.288. The molecule has 7 nitrogen and oxygen atoms in total. The van der Waals surface area contributed by atoms with Gasteiger partial charge in [0.05, 0.1) is 18.5 Å². The number of anilines is 2. The molecule has 0 bridgehead atoms. The molecule has 1 aliphatic rings. The Kier molecular flexibility index (Phi) is 3.79. The largest absolute Gasteiger partial charge is 0.452 e. The van der Waals surface area contributed by atoms with Crippen molar-refractivity contribution in [2.24, 2.45) is 0 Å². The van der Waals surface area contributed by atoms with Crippen molar-refractivity contribution in [1.82, 2.24) is 4.72 Å². The zero-order valence-electron chi connectivity index (χ0n) is 10.4. The Labute approximate surface area is 111 Å². The van der Waals surface area contributed by atoms with E-state index in [0.717, 1.165) is 12.8 Å². The highest BCUT2D eigenvalue weighted by atomic mass is 32.2. The van der Waals surface area contributed by atoms with Gasteiger partial charge < -0.3 is 10.1 Å². The molecular formula is C11H15N3O4S. The van der Waals surface area contributed by atoms with Crippen LogP contribution in [0.15, 0.2) is 24.3 Å². The number of nitrogens with zero attached hydrogens (tertiary/aromatic N) is 1. The van der Waals surface area contributed by atoms with E-state index in [1.165, 1.54) is 4.31 Å². The minimum atomic E-state index is -3.96. The van der Waals surface area contributed by atoms with Gasteiger partial charge in [0.15, 0.2) is 0 Å². The zero-order valence-corrected chi connectivity index (χ0v) is 11.2. The Morgan fingerprint density at radius 3 is 2.89 bits per heavy atom. The molecule has 19 heavy (non-hydrogen) atoms. The van der Waals surface area contributed by atoms with Crippen molar-refractivity contribution in [1.29, 1.82) is 0 Å². The number of nitrogens with one attached hydrogen (secondary N) is 2. The van der Waals surface area contributed by atoms with E-state index < -0.39 is 16.3 Å². The number of hydrogen-bond acceptors (Lipinski definition) is 5. The fraction of sp³-hybridized carbons (Fsp3) is 0.364. The second-order valence-electron chi connectivity index (χ2n) is 3.97. The summed E-state index contributed by atoms with van der Waals surface area (Å²) in [6.45, 7) is 0.956. The normalized spacial score (nSPS) is 14.9. The highest BCUT2D eigenvalue weighted by Crippen LogP contribution is 2.29. The summed E-state index contributed by atoms with van der Waals surface area (Å²) in [5, 5.41) is 3.14. The fourth-order valence-electron chi connectivity index (χ4n) is 1.86. The van der Waals surface area contributed by atoms with Gasteiger partial charge >= 0.3 is 16.3 Å². The Bertz CT molecular complexity index is 573. The summed E-state index contributed by atoms with van der Waals surface area (Å²) >= 11 is 0. The van der Waals surface area contributed by atoms with Crippen LogP contribution in [0.3, 0.4) is 0 Å². The van der Waals surface area contributed by atoms with E-state index >= 15 is 0 Å². The van der Waals surface area contributed by atoms with Gasteiger partial charge in [-0.3, -0.25) is 4.31 Å². The van der Waals surface area contributed by atoms with Crippen molar-refractivity contribution in [2.45, 2.75) is 6.42 Å². The topological polar surface area (TPSA) is 87.7 Å². The third-order valence-corrected chi connectivity index (χ3v) is 4.10. The zero-order chi connectivity index (χ0) is 13.9. The summed E-state index contributed by atoms with van der Waals surface area (Å²) in [6.07, 6.45) is -0.369. The summed E-state index contributed by atoms with van der Waals surface area (Å²) < 4.78 is 31.7. The number of benzene rings is 1. The van der Waals surface area contributed by atoms with Crippen molar-refractivity contribution in [3.63, 3.8) is 0 Å². The van der Waals surface area contributed by atoms with Crippen molar-refractivity contribution >= 4 is 27.7 Å². The van der Waals surface area contributed by atoms with Crippen molar-refractivity contribution < 1.29 is 17.9 Å². The van der Waals surface area contributed by atoms with Crippen LogP contribution in [0.4, 0.5) is 16.2 Å². The molecular weight excluding hydrogens is 270 g/mol. The van der Waals surface area contributed by atoms with Gasteiger partial charge in [0, 0.05) is 13.1 Å². The van der Waals surface area contributed by atoms with Gasteiger partial charge in [0.1, 0.15) is 0 Å². The van der Waals surface area contributed by atoms with E-state index in [4.69, 9.17) is 0 Å². The number of methoxy groups -OCH3 is 1. The minimum Gasteiger partial charge on any atom is -0.452 e. The van der Waals surface area contributed by atoms with Gasteiger partial charge in [-0.15, -0.1) is 0 Å². The first kappa shape index (κ1) is 13.5. The van der Waals surface area contributed by atoms with Crippen molar-refractivity contribution in [3.8, 4) is 0 Å². The maximum absolute atomic E-state index is 12.2. The first-order valence-corrected chi connectivity index (χ1v) is 7.20. The molecule has 0 saturated heterocycles. The third-order valence-electron chi connectivity index (χ3n) is 2.71. The van der Waals surface area contributed by atoms with Crippen LogP contribution < -0.4 is 14.3 Å². The molecule has 1 amide bonds. The van der Waals surface area contributed by atoms with E-state index in [1.54, 1.807) is 18.2 Å². The molecule has 1 heterocycles. The molecule has 2 rings (SSSR count). The van der Waals surface area contributed by atoms with E-state index in [-0.39, 0.29) is 6.54 Å². The van der Waals surface area contributed by atoms with Gasteiger partial charge in [-0.05, 0) is 18.6 Å². The maximum atomic E-state index is 12.2. The van der Waals surface area contributed by atoms with Gasteiger partial charge in [-0.2, -0.15) is 8.42 Å². The van der Waals surface area contributed by atoms with E-state index in [0.29, 0.717) is 18.7 Å². The van der Waals surface area contributed by atoms with Crippen LogP contribution in [-0.4, -0.2) is 34.7 Å². The molecule has 1 aromatic carbocycles. The highest BCUT2D eigenvalue weighted by molar-refractivity contribution is 7.91. The average Bonchev–Trinajstić information content (AvgIpc) is 2.60. The Morgan fingerprint density at radius 2 is 2.16 bits per heavy atom. The number of carbonyl (C=O) groups is 1. The third kappa shape index (κ3) is 2.90. The first-order chi connectivity index (χ1) is 9.04. The van der Waals surface area contributed by atoms with Gasteiger partial charge in [-0.1, -0.05) is 12.1 Å². The van der Waals surface area contributed by atoms with Crippen molar-refractivity contribution in [2.75, 3.05) is 29.8 Å². The van der Waals surface area contributed by atoms with Crippen LogP contribution in [0.25, 0.3) is 0 Å². The molecule has 0 unspecified atom stereocenters. The Balaban J connectivity index is 2.36. The second-order valence-corrected chi connectivity index (χ2v) is 5.56. The SMILES string of the molecule is COC(=O)NS(=O)(=O)N1CCCNc2ccccc21. The number of carbonyl (C=O) groups excluding carboxylic acids is 1. The van der Waals surface area contributed by atoms with Crippen molar-refractivity contribution in [3.05, 3.63) is 24.3 Å². The lowest BCUT2D eigenvalue weighted by molar-refractivity contribution is 0.177. The molecule has 8 heteroatoms. The van der Waals surface area contributed by atoms with Crippen LogP contribution >= 0.6 is 0 Å². The van der Waals surface area contributed by atoms with Crippen LogP contribution in [0, 0.1) is 0 Å². The number of fused-ring (bicyclic) bond motifs is 1. The van der Waals surface area contributed by atoms with Crippen LogP contribution in [-0.2, 0) is 14.9 Å². The molecule has 2 N–H and O–H groups in total. The number of amides is 1. The summed E-state index contributed by atoms with van der Waals surface area (Å²) in [4.78, 5) is 11.1. The Hall–Kier alpha value is -1.96. The molecule has 0 radical (unpaired) electrons. The number of rotatable bonds is 2. The van der Waals surface area contributed by atoms with Crippen LogP contribution in [0.1, 0.15) is 6.42 Å². The molecule has 104 valence electrons. The first-order valence-electron chi connectivity index (χ1n) is 5.76. The van der Waals surface area contributed by atoms with Crippen LogP contribution in [0.2, 0.25) is 0 Å². The fourth-order valence-corrected chi connectivity index (χ4v) is 3.05. The van der Waals surface area contributed by atoms with E-state index in [2.05, 4.69) is 10.1 Å². The van der Waals surface area contributed by atoms with Gasteiger partial charge in [0.25, 0.3) is 0 Å². The quantitative estimate of drug-likeness (QED) is 0.843. The van der Waals surface area contributed by atoms with Gasteiger partial charge in [0.2, 0.25) is 0 Å². The number of ether oxygens (including phenoxy) is 1. The predicted octanol–water partition coefficient (Wildman–Crippen LogP) is 0.909. The smallest absolute Gasteiger partial charge is 0.422 e. The molecule has 0 aliphatic carbocycles. The van der Waals surface area contributed by atoms with E-state index in [1.807, 2.05) is 10.8 Å². The van der Waals surface area contributed by atoms with Gasteiger partial charge in [-0.25, -0.2) is 9.52 Å². The standard InChI is InChI=1S/C11H15N3O4S/c1-18-11(15)13-19(16,17)14-8-4-7-12-9-5-2-3-6-10(9)14/h2-3,5-6,12H,4,7-8H2,1H3,(H,13,15). The molecule has 0 spiro atoms. The van der Waals surface area contributed by atoms with E-state index in [9.17, 15) is 13.2 Å². The Morgan fingerprint density at radius 1 is 1.42 bits per heavy atom. The molecule has 0 saturated carbocycles. The second kappa shape index (κ2) is 5.35. The lowest BCUT2D eigenvalue weighted by atomic mass is 10.2. The molecule has 0 fully saturated rings.